The number of allylic oxidation sites excluding steroid dienone is 1. The van der Waals surface area contributed by atoms with Gasteiger partial charge < -0.3 is 0 Å². The van der Waals surface area contributed by atoms with E-state index in [0.29, 0.717) is 5.92 Å². The second kappa shape index (κ2) is 6.86. The van der Waals surface area contributed by atoms with Crippen molar-refractivity contribution in [3.8, 4) is 11.1 Å². The maximum Gasteiger partial charge on any atom is 0.0419 e. The highest BCUT2D eigenvalue weighted by molar-refractivity contribution is 5.63. The first-order valence-electron chi connectivity index (χ1n) is 7.54. The number of aromatic nitrogens is 1. The van der Waals surface area contributed by atoms with Gasteiger partial charge in [0, 0.05) is 17.8 Å². The Hall–Kier alpha value is -2.67. The molecule has 0 amide bonds. The number of hydrogen-bond donors (Lipinski definition) is 0. The highest BCUT2D eigenvalue weighted by Crippen LogP contribution is 2.24. The average Bonchev–Trinajstić information content (AvgIpc) is 2.61. The fourth-order valence-electron chi connectivity index (χ4n) is 2.66. The Labute approximate surface area is 132 Å². The Bertz CT molecular complexity index is 732. The number of nitrogens with zero attached hydrogens (tertiary/aromatic N) is 1. The number of hydrogen-bond acceptors (Lipinski definition) is 1. The van der Waals surface area contributed by atoms with Crippen LogP contribution < -0.4 is 0 Å². The molecule has 0 saturated carbocycles. The van der Waals surface area contributed by atoms with E-state index in [9.17, 15) is 0 Å². The molecule has 22 heavy (non-hydrogen) atoms. The summed E-state index contributed by atoms with van der Waals surface area (Å²) in [5, 5.41) is 0. The smallest absolute Gasteiger partial charge is 0.0419 e. The van der Waals surface area contributed by atoms with Crippen molar-refractivity contribution >= 4 is 0 Å². The van der Waals surface area contributed by atoms with E-state index in [1.165, 1.54) is 16.7 Å². The van der Waals surface area contributed by atoms with Crippen LogP contribution >= 0.6 is 0 Å². The molecule has 0 radical (unpaired) electrons. The molecule has 1 atom stereocenters. The lowest BCUT2D eigenvalue weighted by atomic mass is 9.93. The van der Waals surface area contributed by atoms with Gasteiger partial charge in [-0.25, -0.2) is 0 Å². The largest absolute Gasteiger partial charge is 0.261 e. The molecule has 108 valence electrons. The van der Waals surface area contributed by atoms with Crippen LogP contribution in [0.4, 0.5) is 0 Å². The normalized spacial score (nSPS) is 11.8. The van der Waals surface area contributed by atoms with Gasteiger partial charge >= 0.3 is 0 Å². The quantitative estimate of drug-likeness (QED) is 0.583. The molecule has 3 rings (SSSR count). The molecule has 3 aromatic rings. The van der Waals surface area contributed by atoms with Crippen molar-refractivity contribution in [2.24, 2.45) is 0 Å². The standard InChI is InChI=1S/C21H19N/c1-2-17(18-9-5-3-6-10-18)15-21-16-20(13-14-22-21)19-11-7-4-8-12-19/h2-14,16-17H,1,15H2/t17-/m1/s1. The van der Waals surface area contributed by atoms with Crippen LogP contribution in [0.1, 0.15) is 17.2 Å². The molecule has 2 aromatic carbocycles. The summed E-state index contributed by atoms with van der Waals surface area (Å²) in [7, 11) is 0. The van der Waals surface area contributed by atoms with Gasteiger partial charge in [0.25, 0.3) is 0 Å². The molecule has 0 bridgehead atoms. The molecule has 1 aromatic heterocycles. The predicted molar refractivity (Wildman–Crippen MR) is 92.8 cm³/mol. The predicted octanol–water partition coefficient (Wildman–Crippen LogP) is 5.26. The van der Waals surface area contributed by atoms with Crippen molar-refractivity contribution in [2.75, 3.05) is 0 Å². The van der Waals surface area contributed by atoms with E-state index in [0.717, 1.165) is 12.1 Å². The fourth-order valence-corrected chi connectivity index (χ4v) is 2.66. The van der Waals surface area contributed by atoms with E-state index in [1.807, 2.05) is 24.4 Å². The Balaban J connectivity index is 1.85. The zero-order valence-electron chi connectivity index (χ0n) is 12.5. The average molecular weight is 285 g/mol. The topological polar surface area (TPSA) is 12.9 Å². The molecular formula is C21H19N. The Morgan fingerprint density at radius 2 is 1.55 bits per heavy atom. The highest BCUT2D eigenvalue weighted by atomic mass is 14.7. The van der Waals surface area contributed by atoms with Crippen molar-refractivity contribution in [1.29, 1.82) is 0 Å². The molecule has 0 saturated heterocycles. The van der Waals surface area contributed by atoms with E-state index in [1.54, 1.807) is 0 Å². The van der Waals surface area contributed by atoms with Gasteiger partial charge in [0.2, 0.25) is 0 Å². The van der Waals surface area contributed by atoms with Crippen LogP contribution in [0.2, 0.25) is 0 Å². The van der Waals surface area contributed by atoms with Gasteiger partial charge in [-0.15, -0.1) is 6.58 Å². The van der Waals surface area contributed by atoms with Crippen LogP contribution in [0.15, 0.2) is 91.6 Å². The molecule has 0 aliphatic rings. The van der Waals surface area contributed by atoms with Gasteiger partial charge in [0.1, 0.15) is 0 Å². The summed E-state index contributed by atoms with van der Waals surface area (Å²) in [5.41, 5.74) is 4.81. The Morgan fingerprint density at radius 3 is 2.23 bits per heavy atom. The van der Waals surface area contributed by atoms with Crippen LogP contribution in [0, 0.1) is 0 Å². The summed E-state index contributed by atoms with van der Waals surface area (Å²) in [4.78, 5) is 4.53. The summed E-state index contributed by atoms with van der Waals surface area (Å²) < 4.78 is 0. The van der Waals surface area contributed by atoms with Gasteiger partial charge in [-0.3, -0.25) is 4.98 Å². The summed E-state index contributed by atoms with van der Waals surface area (Å²) in [6, 6.07) is 25.1. The number of pyridine rings is 1. The third kappa shape index (κ3) is 3.32. The van der Waals surface area contributed by atoms with Crippen molar-refractivity contribution in [3.63, 3.8) is 0 Å². The van der Waals surface area contributed by atoms with Crippen molar-refractivity contribution in [1.82, 2.24) is 4.98 Å². The third-order valence-electron chi connectivity index (χ3n) is 3.86. The summed E-state index contributed by atoms with van der Waals surface area (Å²) in [6.45, 7) is 3.99. The van der Waals surface area contributed by atoms with Gasteiger partial charge in [-0.05, 0) is 35.2 Å². The summed E-state index contributed by atoms with van der Waals surface area (Å²) in [5.74, 6) is 0.291. The van der Waals surface area contributed by atoms with Crippen LogP contribution in [0.5, 0.6) is 0 Å². The molecule has 0 spiro atoms. The van der Waals surface area contributed by atoms with E-state index >= 15 is 0 Å². The van der Waals surface area contributed by atoms with Crippen molar-refractivity contribution in [2.45, 2.75) is 12.3 Å². The lowest BCUT2D eigenvalue weighted by Gasteiger charge is -2.13. The molecular weight excluding hydrogens is 266 g/mol. The first-order valence-corrected chi connectivity index (χ1v) is 7.54. The van der Waals surface area contributed by atoms with Crippen molar-refractivity contribution < 1.29 is 0 Å². The molecule has 0 fully saturated rings. The second-order valence-corrected chi connectivity index (χ2v) is 5.36. The van der Waals surface area contributed by atoms with E-state index in [4.69, 9.17) is 0 Å². The number of rotatable bonds is 5. The summed E-state index contributed by atoms with van der Waals surface area (Å²) >= 11 is 0. The van der Waals surface area contributed by atoms with Crippen LogP contribution in [-0.4, -0.2) is 4.98 Å². The second-order valence-electron chi connectivity index (χ2n) is 5.36. The molecule has 0 aliphatic heterocycles. The zero-order chi connectivity index (χ0) is 15.2. The highest BCUT2D eigenvalue weighted by Gasteiger charge is 2.09. The minimum Gasteiger partial charge on any atom is -0.261 e. The minimum absolute atomic E-state index is 0.291. The Morgan fingerprint density at radius 1 is 0.864 bits per heavy atom. The maximum absolute atomic E-state index is 4.53. The monoisotopic (exact) mass is 285 g/mol. The minimum atomic E-state index is 0.291. The van der Waals surface area contributed by atoms with Crippen LogP contribution in [-0.2, 0) is 6.42 Å². The zero-order valence-corrected chi connectivity index (χ0v) is 12.5. The third-order valence-corrected chi connectivity index (χ3v) is 3.86. The first kappa shape index (κ1) is 14.3. The first-order chi connectivity index (χ1) is 10.9. The SMILES string of the molecule is C=C[C@H](Cc1cc(-c2ccccc2)ccn1)c1ccccc1. The Kier molecular flexibility index (Phi) is 4.45. The molecule has 0 N–H and O–H groups in total. The fraction of sp³-hybridized carbons (Fsp3) is 0.0952. The van der Waals surface area contributed by atoms with Gasteiger partial charge in [0.05, 0.1) is 0 Å². The van der Waals surface area contributed by atoms with E-state index in [2.05, 4.69) is 72.2 Å². The lowest BCUT2D eigenvalue weighted by Crippen LogP contribution is -2.01. The van der Waals surface area contributed by atoms with E-state index < -0.39 is 0 Å². The van der Waals surface area contributed by atoms with Gasteiger partial charge in [-0.1, -0.05) is 66.7 Å². The number of benzene rings is 2. The lowest BCUT2D eigenvalue weighted by molar-refractivity contribution is 0.812. The van der Waals surface area contributed by atoms with Gasteiger partial charge in [0.15, 0.2) is 0 Å². The van der Waals surface area contributed by atoms with Gasteiger partial charge in [-0.2, -0.15) is 0 Å². The summed E-state index contributed by atoms with van der Waals surface area (Å²) in [6.07, 6.45) is 4.77. The van der Waals surface area contributed by atoms with E-state index in [-0.39, 0.29) is 0 Å². The van der Waals surface area contributed by atoms with Crippen LogP contribution in [0.25, 0.3) is 11.1 Å². The van der Waals surface area contributed by atoms with Crippen molar-refractivity contribution in [3.05, 3.63) is 103 Å². The molecule has 0 unspecified atom stereocenters. The molecule has 1 heterocycles. The molecule has 0 aliphatic carbocycles. The van der Waals surface area contributed by atoms with Crippen LogP contribution in [0.3, 0.4) is 0 Å². The molecule has 1 nitrogen and oxygen atoms in total. The maximum atomic E-state index is 4.53. The molecule has 1 heteroatoms.